The lowest BCUT2D eigenvalue weighted by atomic mass is 9.91. The summed E-state index contributed by atoms with van der Waals surface area (Å²) in [5.41, 5.74) is 0.989. The number of amides is 1. The van der Waals surface area contributed by atoms with Crippen molar-refractivity contribution in [2.24, 2.45) is 5.41 Å². The largest absolute Gasteiger partial charge is 0.313 e. The number of nitrogens with one attached hydrogen (secondary N) is 1. The van der Waals surface area contributed by atoms with E-state index in [4.69, 9.17) is 0 Å². The molecule has 1 N–H and O–H groups in total. The van der Waals surface area contributed by atoms with Gasteiger partial charge in [-0.05, 0) is 17.5 Å². The predicted molar refractivity (Wildman–Crippen MR) is 86.0 cm³/mol. The molecule has 0 aliphatic rings. The van der Waals surface area contributed by atoms with Crippen LogP contribution in [0.1, 0.15) is 41.0 Å². The summed E-state index contributed by atoms with van der Waals surface area (Å²) in [7, 11) is 0. The topological polar surface area (TPSA) is 32.3 Å². The van der Waals surface area contributed by atoms with E-state index in [1.165, 1.54) is 0 Å². The number of carbonyl (C=O) groups excluding carboxylic acids is 1. The molecule has 3 nitrogen and oxygen atoms in total. The summed E-state index contributed by atoms with van der Waals surface area (Å²) in [5, 5.41) is 3.37. The Balaban J connectivity index is 2.77. The molecule has 0 heterocycles. The molecule has 0 spiro atoms. The van der Waals surface area contributed by atoms with Gasteiger partial charge in [-0.25, -0.2) is 0 Å². The molecule has 1 aromatic rings. The molecule has 0 atom stereocenters. The third kappa shape index (κ3) is 6.20. The van der Waals surface area contributed by atoms with Crippen molar-refractivity contribution in [1.29, 1.82) is 0 Å². The van der Waals surface area contributed by atoms with Crippen LogP contribution in [0.4, 0.5) is 5.69 Å². The molecule has 20 heavy (non-hydrogen) atoms. The van der Waals surface area contributed by atoms with E-state index in [0.29, 0.717) is 19.0 Å². The van der Waals surface area contributed by atoms with Crippen LogP contribution in [0.3, 0.4) is 0 Å². The number of nitrogens with zero attached hydrogens (tertiary/aromatic N) is 1. The third-order valence-electron chi connectivity index (χ3n) is 2.94. The number of anilines is 1. The number of hydrogen-bond acceptors (Lipinski definition) is 2. The Morgan fingerprint density at radius 1 is 1.20 bits per heavy atom. The quantitative estimate of drug-likeness (QED) is 0.863. The fourth-order valence-corrected chi connectivity index (χ4v) is 2.02. The molecular weight excluding hydrogens is 248 g/mol. The molecule has 1 aromatic carbocycles. The smallest absolute Gasteiger partial charge is 0.227 e. The van der Waals surface area contributed by atoms with Gasteiger partial charge in [0.15, 0.2) is 0 Å². The van der Waals surface area contributed by atoms with Crippen LogP contribution in [0.2, 0.25) is 0 Å². The van der Waals surface area contributed by atoms with Gasteiger partial charge in [0.25, 0.3) is 0 Å². The van der Waals surface area contributed by atoms with Crippen LogP contribution in [-0.4, -0.2) is 25.0 Å². The highest BCUT2D eigenvalue weighted by Crippen LogP contribution is 2.22. The fourth-order valence-electron chi connectivity index (χ4n) is 2.02. The van der Waals surface area contributed by atoms with E-state index in [9.17, 15) is 4.79 Å². The molecule has 0 bridgehead atoms. The van der Waals surface area contributed by atoms with Crippen molar-refractivity contribution in [3.05, 3.63) is 30.3 Å². The van der Waals surface area contributed by atoms with Gasteiger partial charge >= 0.3 is 0 Å². The summed E-state index contributed by atoms with van der Waals surface area (Å²) < 4.78 is 0. The highest BCUT2D eigenvalue weighted by molar-refractivity contribution is 5.93. The van der Waals surface area contributed by atoms with E-state index in [1.54, 1.807) is 0 Å². The van der Waals surface area contributed by atoms with Crippen molar-refractivity contribution in [1.82, 2.24) is 5.32 Å². The van der Waals surface area contributed by atoms with Crippen LogP contribution in [-0.2, 0) is 4.79 Å². The van der Waals surface area contributed by atoms with Gasteiger partial charge in [0.1, 0.15) is 0 Å². The number of hydrogen-bond donors (Lipinski definition) is 1. The van der Waals surface area contributed by atoms with Gasteiger partial charge in [0.05, 0.1) is 0 Å². The van der Waals surface area contributed by atoms with E-state index in [2.05, 4.69) is 39.9 Å². The standard InChI is InChI=1S/C17H28N2O/c1-14(2)18-11-12-19(15-9-7-6-8-10-15)16(20)13-17(3,4)5/h6-10,14,18H,11-13H2,1-5H3. The second-order valence-electron chi connectivity index (χ2n) is 6.73. The summed E-state index contributed by atoms with van der Waals surface area (Å²) in [5.74, 6) is 0.189. The van der Waals surface area contributed by atoms with Crippen LogP contribution in [0, 0.1) is 5.41 Å². The molecule has 1 amide bonds. The zero-order valence-electron chi connectivity index (χ0n) is 13.4. The minimum atomic E-state index is 0.00951. The maximum atomic E-state index is 12.5. The van der Waals surface area contributed by atoms with E-state index in [0.717, 1.165) is 12.2 Å². The molecule has 0 radical (unpaired) electrons. The van der Waals surface area contributed by atoms with Gasteiger partial charge in [-0.15, -0.1) is 0 Å². The van der Waals surface area contributed by atoms with Gasteiger partial charge in [-0.1, -0.05) is 52.8 Å². The van der Waals surface area contributed by atoms with E-state index >= 15 is 0 Å². The second kappa shape index (κ2) is 7.44. The summed E-state index contributed by atoms with van der Waals surface area (Å²) in [4.78, 5) is 14.4. The Kier molecular flexibility index (Phi) is 6.21. The summed E-state index contributed by atoms with van der Waals surface area (Å²) in [6.45, 7) is 12.0. The van der Waals surface area contributed by atoms with Crippen molar-refractivity contribution in [2.75, 3.05) is 18.0 Å². The number of rotatable bonds is 6. The van der Waals surface area contributed by atoms with Crippen LogP contribution in [0.25, 0.3) is 0 Å². The van der Waals surface area contributed by atoms with Crippen molar-refractivity contribution in [3.8, 4) is 0 Å². The maximum absolute atomic E-state index is 12.5. The monoisotopic (exact) mass is 276 g/mol. The molecule has 1 rings (SSSR count). The van der Waals surface area contributed by atoms with E-state index in [1.807, 2.05) is 35.2 Å². The van der Waals surface area contributed by atoms with E-state index in [-0.39, 0.29) is 11.3 Å². The Morgan fingerprint density at radius 2 is 1.80 bits per heavy atom. The van der Waals surface area contributed by atoms with E-state index < -0.39 is 0 Å². The van der Waals surface area contributed by atoms with Crippen molar-refractivity contribution in [2.45, 2.75) is 47.1 Å². The van der Waals surface area contributed by atoms with Gasteiger partial charge < -0.3 is 10.2 Å². The third-order valence-corrected chi connectivity index (χ3v) is 2.94. The van der Waals surface area contributed by atoms with Crippen molar-refractivity contribution < 1.29 is 4.79 Å². The lowest BCUT2D eigenvalue weighted by Crippen LogP contribution is -2.40. The van der Waals surface area contributed by atoms with Crippen molar-refractivity contribution >= 4 is 11.6 Å². The second-order valence-corrected chi connectivity index (χ2v) is 6.73. The lowest BCUT2D eigenvalue weighted by Gasteiger charge is -2.27. The van der Waals surface area contributed by atoms with Gasteiger partial charge in [0, 0.05) is 31.2 Å². The van der Waals surface area contributed by atoms with Crippen LogP contribution in [0.5, 0.6) is 0 Å². The molecule has 3 heteroatoms. The Labute approximate surface area is 123 Å². The number of benzene rings is 1. The molecule has 0 aromatic heterocycles. The first-order valence-corrected chi connectivity index (χ1v) is 7.38. The summed E-state index contributed by atoms with van der Waals surface area (Å²) in [6.07, 6.45) is 0.559. The molecular formula is C17H28N2O. The SMILES string of the molecule is CC(C)NCCN(C(=O)CC(C)(C)C)c1ccccc1. The maximum Gasteiger partial charge on any atom is 0.227 e. The minimum absolute atomic E-state index is 0.00951. The normalized spacial score (nSPS) is 11.7. The van der Waals surface area contributed by atoms with Crippen LogP contribution in [0.15, 0.2) is 30.3 Å². The fraction of sp³-hybridized carbons (Fsp3) is 0.588. The first-order valence-electron chi connectivity index (χ1n) is 7.38. The molecule has 0 aliphatic carbocycles. The molecule has 0 saturated heterocycles. The lowest BCUT2D eigenvalue weighted by molar-refractivity contribution is -0.120. The first-order chi connectivity index (χ1) is 9.29. The van der Waals surface area contributed by atoms with Crippen LogP contribution >= 0.6 is 0 Å². The molecule has 0 fully saturated rings. The van der Waals surface area contributed by atoms with Gasteiger partial charge in [-0.2, -0.15) is 0 Å². The molecule has 0 aliphatic heterocycles. The summed E-state index contributed by atoms with van der Waals surface area (Å²) in [6, 6.07) is 10.4. The first kappa shape index (κ1) is 16.7. The van der Waals surface area contributed by atoms with Crippen LogP contribution < -0.4 is 10.2 Å². The Morgan fingerprint density at radius 3 is 2.30 bits per heavy atom. The van der Waals surface area contributed by atoms with Crippen molar-refractivity contribution in [3.63, 3.8) is 0 Å². The zero-order valence-corrected chi connectivity index (χ0v) is 13.4. The molecule has 112 valence electrons. The zero-order chi connectivity index (χ0) is 15.2. The number of para-hydroxylation sites is 1. The molecule has 0 unspecified atom stereocenters. The average molecular weight is 276 g/mol. The Bertz CT molecular complexity index is 407. The highest BCUT2D eigenvalue weighted by Gasteiger charge is 2.22. The average Bonchev–Trinajstić information content (AvgIpc) is 2.33. The van der Waals surface area contributed by atoms with Gasteiger partial charge in [-0.3, -0.25) is 4.79 Å². The summed E-state index contributed by atoms with van der Waals surface area (Å²) >= 11 is 0. The Hall–Kier alpha value is -1.35. The number of carbonyl (C=O) groups is 1. The van der Waals surface area contributed by atoms with Gasteiger partial charge in [0.2, 0.25) is 5.91 Å². The molecule has 0 saturated carbocycles. The predicted octanol–water partition coefficient (Wildman–Crippen LogP) is 3.45. The highest BCUT2D eigenvalue weighted by atomic mass is 16.2. The minimum Gasteiger partial charge on any atom is -0.313 e.